The number of hydrogen-bond donors (Lipinski definition) is 1. The Labute approximate surface area is 61.2 Å². The molecule has 0 aliphatic rings. The SMILES string of the molecule is CC(C)C#CCCC(=O)O. The van der Waals surface area contributed by atoms with Crippen molar-refractivity contribution in [3.8, 4) is 11.8 Å². The van der Waals surface area contributed by atoms with E-state index >= 15 is 0 Å². The molecular formula is C8H12O2. The molecule has 0 radical (unpaired) electrons. The summed E-state index contributed by atoms with van der Waals surface area (Å²) in [5, 5.41) is 8.21. The van der Waals surface area contributed by atoms with Crippen LogP contribution in [0.25, 0.3) is 0 Å². The number of rotatable bonds is 2. The van der Waals surface area contributed by atoms with Crippen LogP contribution in [0.4, 0.5) is 0 Å². The summed E-state index contributed by atoms with van der Waals surface area (Å²) in [5.41, 5.74) is 0. The zero-order chi connectivity index (χ0) is 7.98. The predicted molar refractivity (Wildman–Crippen MR) is 39.5 cm³/mol. The Hall–Kier alpha value is -0.970. The van der Waals surface area contributed by atoms with Gasteiger partial charge in [0, 0.05) is 12.3 Å². The average molecular weight is 140 g/mol. The highest BCUT2D eigenvalue weighted by molar-refractivity contribution is 5.66. The summed E-state index contributed by atoms with van der Waals surface area (Å²) in [6.45, 7) is 3.96. The van der Waals surface area contributed by atoms with E-state index in [0.29, 0.717) is 12.3 Å². The van der Waals surface area contributed by atoms with Gasteiger partial charge in [-0.3, -0.25) is 4.79 Å². The van der Waals surface area contributed by atoms with Crippen LogP contribution in [0.5, 0.6) is 0 Å². The highest BCUT2D eigenvalue weighted by atomic mass is 16.4. The maximum absolute atomic E-state index is 9.98. The largest absolute Gasteiger partial charge is 0.481 e. The minimum atomic E-state index is -0.780. The summed E-state index contributed by atoms with van der Waals surface area (Å²) < 4.78 is 0. The zero-order valence-electron chi connectivity index (χ0n) is 6.35. The van der Waals surface area contributed by atoms with Gasteiger partial charge in [-0.2, -0.15) is 0 Å². The Morgan fingerprint density at radius 2 is 2.20 bits per heavy atom. The maximum atomic E-state index is 9.98. The molecule has 0 aromatic heterocycles. The van der Waals surface area contributed by atoms with Gasteiger partial charge in [0.25, 0.3) is 0 Å². The van der Waals surface area contributed by atoms with E-state index in [0.717, 1.165) is 0 Å². The predicted octanol–water partition coefficient (Wildman–Crippen LogP) is 1.51. The molecule has 0 aliphatic heterocycles. The van der Waals surface area contributed by atoms with Crippen LogP contribution in [0.15, 0.2) is 0 Å². The Kier molecular flexibility index (Phi) is 4.39. The van der Waals surface area contributed by atoms with E-state index < -0.39 is 5.97 Å². The van der Waals surface area contributed by atoms with E-state index in [9.17, 15) is 4.79 Å². The summed E-state index contributed by atoms with van der Waals surface area (Å²) in [7, 11) is 0. The third-order valence-electron chi connectivity index (χ3n) is 0.855. The standard InChI is InChI=1S/C8H12O2/c1-7(2)5-3-4-6-8(9)10/h7H,4,6H2,1-2H3,(H,9,10). The van der Waals surface area contributed by atoms with Gasteiger partial charge in [0.1, 0.15) is 0 Å². The molecule has 0 aromatic rings. The monoisotopic (exact) mass is 140 g/mol. The summed E-state index contributed by atoms with van der Waals surface area (Å²) in [6, 6.07) is 0. The second-order valence-electron chi connectivity index (χ2n) is 2.37. The van der Waals surface area contributed by atoms with Crippen LogP contribution in [0.3, 0.4) is 0 Å². The molecule has 2 heteroatoms. The first-order valence-corrected chi connectivity index (χ1v) is 3.33. The lowest BCUT2D eigenvalue weighted by molar-refractivity contribution is -0.136. The van der Waals surface area contributed by atoms with Gasteiger partial charge in [0.05, 0.1) is 6.42 Å². The molecule has 0 spiro atoms. The molecule has 0 aliphatic carbocycles. The second-order valence-corrected chi connectivity index (χ2v) is 2.37. The molecule has 0 fully saturated rings. The number of carboxylic acid groups (broad SMARTS) is 1. The number of aliphatic carboxylic acids is 1. The van der Waals surface area contributed by atoms with Crippen molar-refractivity contribution in [2.45, 2.75) is 26.7 Å². The summed E-state index contributed by atoms with van der Waals surface area (Å²) >= 11 is 0. The normalized spacial score (nSPS) is 8.70. The number of carbonyl (C=O) groups is 1. The molecule has 0 rings (SSSR count). The van der Waals surface area contributed by atoms with Gasteiger partial charge < -0.3 is 5.11 Å². The Morgan fingerprint density at radius 3 is 2.60 bits per heavy atom. The molecule has 0 saturated heterocycles. The van der Waals surface area contributed by atoms with E-state index in [4.69, 9.17) is 5.11 Å². The van der Waals surface area contributed by atoms with Gasteiger partial charge in [0.2, 0.25) is 0 Å². The van der Waals surface area contributed by atoms with E-state index in [1.165, 1.54) is 0 Å². The Balaban J connectivity index is 3.38. The van der Waals surface area contributed by atoms with Crippen molar-refractivity contribution in [2.75, 3.05) is 0 Å². The lowest BCUT2D eigenvalue weighted by atomic mass is 10.2. The van der Waals surface area contributed by atoms with Gasteiger partial charge in [0.15, 0.2) is 0 Å². The quantitative estimate of drug-likeness (QED) is 0.590. The van der Waals surface area contributed by atoms with Crippen molar-refractivity contribution < 1.29 is 9.90 Å². The van der Waals surface area contributed by atoms with Crippen LogP contribution in [0, 0.1) is 17.8 Å². The van der Waals surface area contributed by atoms with E-state index in [2.05, 4.69) is 11.8 Å². The lowest BCUT2D eigenvalue weighted by Gasteiger charge is -1.87. The first-order chi connectivity index (χ1) is 4.63. The molecular weight excluding hydrogens is 128 g/mol. The zero-order valence-corrected chi connectivity index (χ0v) is 6.35. The molecule has 0 amide bonds. The fraction of sp³-hybridized carbons (Fsp3) is 0.625. The fourth-order valence-electron chi connectivity index (χ4n) is 0.446. The van der Waals surface area contributed by atoms with E-state index in [1.807, 2.05) is 13.8 Å². The molecule has 10 heavy (non-hydrogen) atoms. The number of hydrogen-bond acceptors (Lipinski definition) is 1. The van der Waals surface area contributed by atoms with Crippen molar-refractivity contribution in [1.82, 2.24) is 0 Å². The summed E-state index contributed by atoms with van der Waals surface area (Å²) in [5.74, 6) is 5.23. The first kappa shape index (κ1) is 9.03. The molecule has 56 valence electrons. The van der Waals surface area contributed by atoms with Gasteiger partial charge in [-0.1, -0.05) is 13.8 Å². The summed E-state index contributed by atoms with van der Waals surface area (Å²) in [4.78, 5) is 9.98. The summed E-state index contributed by atoms with van der Waals surface area (Å²) in [6.07, 6.45) is 0.618. The first-order valence-electron chi connectivity index (χ1n) is 3.33. The van der Waals surface area contributed by atoms with Gasteiger partial charge >= 0.3 is 5.97 Å². The molecule has 0 saturated carbocycles. The molecule has 1 N–H and O–H groups in total. The van der Waals surface area contributed by atoms with Crippen molar-refractivity contribution >= 4 is 5.97 Å². The maximum Gasteiger partial charge on any atom is 0.304 e. The minimum Gasteiger partial charge on any atom is -0.481 e. The molecule has 0 atom stereocenters. The molecule has 0 heterocycles. The lowest BCUT2D eigenvalue weighted by Crippen LogP contribution is -1.92. The van der Waals surface area contributed by atoms with Gasteiger partial charge in [-0.25, -0.2) is 0 Å². The Bertz CT molecular complexity index is 160. The van der Waals surface area contributed by atoms with E-state index in [-0.39, 0.29) is 6.42 Å². The third-order valence-corrected chi connectivity index (χ3v) is 0.855. The second kappa shape index (κ2) is 4.87. The van der Waals surface area contributed by atoms with Crippen molar-refractivity contribution in [2.24, 2.45) is 5.92 Å². The van der Waals surface area contributed by atoms with Crippen LogP contribution < -0.4 is 0 Å². The minimum absolute atomic E-state index is 0.152. The molecule has 0 aromatic carbocycles. The molecule has 0 bridgehead atoms. The van der Waals surface area contributed by atoms with E-state index in [1.54, 1.807) is 0 Å². The highest BCUT2D eigenvalue weighted by Gasteiger charge is 1.91. The number of carboxylic acids is 1. The Morgan fingerprint density at radius 1 is 1.60 bits per heavy atom. The van der Waals surface area contributed by atoms with Crippen LogP contribution in [-0.2, 0) is 4.79 Å². The van der Waals surface area contributed by atoms with Crippen molar-refractivity contribution in [3.05, 3.63) is 0 Å². The van der Waals surface area contributed by atoms with Crippen LogP contribution >= 0.6 is 0 Å². The van der Waals surface area contributed by atoms with Crippen molar-refractivity contribution in [1.29, 1.82) is 0 Å². The molecule has 2 nitrogen and oxygen atoms in total. The average Bonchev–Trinajstić information content (AvgIpc) is 1.79. The van der Waals surface area contributed by atoms with Crippen LogP contribution in [0.2, 0.25) is 0 Å². The third kappa shape index (κ3) is 7.03. The molecule has 0 unspecified atom stereocenters. The highest BCUT2D eigenvalue weighted by Crippen LogP contribution is 1.89. The van der Waals surface area contributed by atoms with Crippen LogP contribution in [0.1, 0.15) is 26.7 Å². The van der Waals surface area contributed by atoms with Crippen molar-refractivity contribution in [3.63, 3.8) is 0 Å². The van der Waals surface area contributed by atoms with Gasteiger partial charge in [-0.05, 0) is 0 Å². The van der Waals surface area contributed by atoms with Gasteiger partial charge in [-0.15, -0.1) is 11.8 Å². The van der Waals surface area contributed by atoms with Crippen LogP contribution in [-0.4, -0.2) is 11.1 Å². The fourth-order valence-corrected chi connectivity index (χ4v) is 0.446. The topological polar surface area (TPSA) is 37.3 Å². The smallest absolute Gasteiger partial charge is 0.304 e.